The van der Waals surface area contributed by atoms with Crippen molar-refractivity contribution in [2.75, 3.05) is 24.9 Å². The first-order valence-corrected chi connectivity index (χ1v) is 9.86. The van der Waals surface area contributed by atoms with E-state index >= 15 is 0 Å². The molecule has 148 valence electrons. The molecule has 0 radical (unpaired) electrons. The Balaban J connectivity index is 1.60. The largest absolute Gasteiger partial charge is 0.497 e. The molecule has 0 saturated heterocycles. The van der Waals surface area contributed by atoms with Crippen molar-refractivity contribution in [3.8, 4) is 11.5 Å². The molecule has 0 bridgehead atoms. The Kier molecular flexibility index (Phi) is 4.52. The molecule has 4 heteroatoms. The third-order valence-corrected chi connectivity index (χ3v) is 5.41. The number of methoxy groups -OCH3 is 2. The quantitative estimate of drug-likeness (QED) is 0.407. The molecule has 0 spiro atoms. The molecular weight excluding hydrogens is 372 g/mol. The Morgan fingerprint density at radius 1 is 0.533 bits per heavy atom. The lowest BCUT2D eigenvalue weighted by Crippen LogP contribution is -2.04. The monoisotopic (exact) mass is 394 g/mol. The zero-order valence-electron chi connectivity index (χ0n) is 16.9. The van der Waals surface area contributed by atoms with E-state index in [0.29, 0.717) is 0 Å². The smallest absolute Gasteiger partial charge is 0.119 e. The number of ether oxygens (including phenoxy) is 2. The van der Waals surface area contributed by atoms with E-state index in [-0.39, 0.29) is 0 Å². The summed E-state index contributed by atoms with van der Waals surface area (Å²) in [5, 5.41) is 9.74. The molecular formula is C26H22N2O2. The minimum atomic E-state index is 0.836. The Morgan fingerprint density at radius 3 is 1.37 bits per heavy atom. The standard InChI is InChI=1S/C26H22N2O2/c1-29-20-13-9-18(10-14-20)27-25-22-7-3-5-17-6-4-8-23(24(17)22)26(25)28-19-11-15-21(30-2)16-12-19/h3-16,27-28H,1-2H3. The van der Waals surface area contributed by atoms with E-state index in [9.17, 15) is 0 Å². The third-order valence-electron chi connectivity index (χ3n) is 5.41. The molecule has 30 heavy (non-hydrogen) atoms. The van der Waals surface area contributed by atoms with Gasteiger partial charge >= 0.3 is 0 Å². The molecule has 1 aliphatic rings. The van der Waals surface area contributed by atoms with Gasteiger partial charge in [0.25, 0.3) is 0 Å². The summed E-state index contributed by atoms with van der Waals surface area (Å²) in [6.45, 7) is 0. The molecule has 4 aromatic rings. The highest BCUT2D eigenvalue weighted by molar-refractivity contribution is 6.17. The van der Waals surface area contributed by atoms with Gasteiger partial charge in [0.2, 0.25) is 0 Å². The van der Waals surface area contributed by atoms with E-state index in [1.54, 1.807) is 14.2 Å². The maximum atomic E-state index is 5.29. The molecule has 0 aromatic heterocycles. The lowest BCUT2D eigenvalue weighted by atomic mass is 10.0. The highest BCUT2D eigenvalue weighted by Crippen LogP contribution is 2.42. The van der Waals surface area contributed by atoms with Crippen LogP contribution in [0.1, 0.15) is 11.1 Å². The maximum Gasteiger partial charge on any atom is 0.119 e. The summed E-state index contributed by atoms with van der Waals surface area (Å²) in [5.41, 5.74) is 6.50. The Labute approximate surface area is 175 Å². The summed E-state index contributed by atoms with van der Waals surface area (Å²) in [6.07, 6.45) is 0. The molecule has 1 aliphatic carbocycles. The van der Waals surface area contributed by atoms with Crippen LogP contribution in [0.3, 0.4) is 0 Å². The SMILES string of the molecule is COc1ccc(NC2=C(Nc3ccc(OC)cc3)c3cccc4cccc2c34)cc1. The van der Waals surface area contributed by atoms with Gasteiger partial charge in [0, 0.05) is 27.9 Å². The molecule has 2 N–H and O–H groups in total. The number of nitrogens with one attached hydrogen (secondary N) is 2. The fraction of sp³-hybridized carbons (Fsp3) is 0.0769. The van der Waals surface area contributed by atoms with E-state index < -0.39 is 0 Å². The van der Waals surface area contributed by atoms with Crippen molar-refractivity contribution in [3.05, 3.63) is 96.1 Å². The lowest BCUT2D eigenvalue weighted by molar-refractivity contribution is 0.415. The number of hydrogen-bond acceptors (Lipinski definition) is 4. The van der Waals surface area contributed by atoms with Crippen LogP contribution in [-0.2, 0) is 0 Å². The molecule has 0 aliphatic heterocycles. The molecule has 0 saturated carbocycles. The molecule has 0 heterocycles. The van der Waals surface area contributed by atoms with E-state index in [2.05, 4.69) is 47.0 Å². The maximum absolute atomic E-state index is 5.29. The van der Waals surface area contributed by atoms with E-state index in [4.69, 9.17) is 9.47 Å². The number of anilines is 2. The molecule has 0 fully saturated rings. The third kappa shape index (κ3) is 3.12. The molecule has 5 rings (SSSR count). The first kappa shape index (κ1) is 18.1. The van der Waals surface area contributed by atoms with Crippen LogP contribution < -0.4 is 20.1 Å². The van der Waals surface area contributed by atoms with Crippen LogP contribution in [0.5, 0.6) is 11.5 Å². The van der Waals surface area contributed by atoms with Gasteiger partial charge in [-0.1, -0.05) is 36.4 Å². The average Bonchev–Trinajstić information content (AvgIpc) is 3.09. The summed E-state index contributed by atoms with van der Waals surface area (Å²) in [4.78, 5) is 0. The van der Waals surface area contributed by atoms with Gasteiger partial charge < -0.3 is 20.1 Å². The Hall–Kier alpha value is -3.92. The fourth-order valence-electron chi connectivity index (χ4n) is 3.92. The van der Waals surface area contributed by atoms with Crippen LogP contribution in [0.15, 0.2) is 84.9 Å². The van der Waals surface area contributed by atoms with E-state index in [0.717, 1.165) is 34.3 Å². The normalized spacial score (nSPS) is 12.2. The van der Waals surface area contributed by atoms with E-state index in [1.807, 2.05) is 48.5 Å². The van der Waals surface area contributed by atoms with Crippen LogP contribution in [0.4, 0.5) is 11.4 Å². The first-order chi connectivity index (χ1) is 14.8. The van der Waals surface area contributed by atoms with E-state index in [1.165, 1.54) is 21.9 Å². The van der Waals surface area contributed by atoms with Crippen LogP contribution in [0.25, 0.3) is 22.2 Å². The van der Waals surface area contributed by atoms with Gasteiger partial charge in [0.1, 0.15) is 11.5 Å². The van der Waals surface area contributed by atoms with Crippen LogP contribution >= 0.6 is 0 Å². The molecule has 4 aromatic carbocycles. The fourth-order valence-corrected chi connectivity index (χ4v) is 3.92. The lowest BCUT2D eigenvalue weighted by Gasteiger charge is -2.15. The summed E-state index contributed by atoms with van der Waals surface area (Å²) < 4.78 is 10.6. The first-order valence-electron chi connectivity index (χ1n) is 9.86. The van der Waals surface area contributed by atoms with Gasteiger partial charge in [-0.3, -0.25) is 0 Å². The van der Waals surface area contributed by atoms with Gasteiger partial charge in [0.15, 0.2) is 0 Å². The zero-order valence-corrected chi connectivity index (χ0v) is 16.9. The minimum Gasteiger partial charge on any atom is -0.497 e. The highest BCUT2D eigenvalue weighted by atomic mass is 16.5. The summed E-state index contributed by atoms with van der Waals surface area (Å²) in [5.74, 6) is 1.67. The van der Waals surface area contributed by atoms with Crippen molar-refractivity contribution in [2.24, 2.45) is 0 Å². The predicted octanol–water partition coefficient (Wildman–Crippen LogP) is 6.22. The van der Waals surface area contributed by atoms with Gasteiger partial charge in [0.05, 0.1) is 25.6 Å². The molecule has 0 atom stereocenters. The van der Waals surface area contributed by atoms with Gasteiger partial charge in [-0.2, -0.15) is 0 Å². The van der Waals surface area contributed by atoms with Crippen molar-refractivity contribution >= 4 is 33.5 Å². The van der Waals surface area contributed by atoms with Crippen molar-refractivity contribution in [1.82, 2.24) is 0 Å². The second kappa shape index (κ2) is 7.48. The van der Waals surface area contributed by atoms with Crippen molar-refractivity contribution < 1.29 is 9.47 Å². The van der Waals surface area contributed by atoms with Crippen LogP contribution in [0.2, 0.25) is 0 Å². The summed E-state index contributed by atoms with van der Waals surface area (Å²) in [7, 11) is 3.35. The van der Waals surface area contributed by atoms with Crippen molar-refractivity contribution in [1.29, 1.82) is 0 Å². The topological polar surface area (TPSA) is 42.5 Å². The van der Waals surface area contributed by atoms with Gasteiger partial charge in [-0.25, -0.2) is 0 Å². The predicted molar refractivity (Wildman–Crippen MR) is 124 cm³/mol. The summed E-state index contributed by atoms with van der Waals surface area (Å²) >= 11 is 0. The number of hydrogen-bond donors (Lipinski definition) is 2. The van der Waals surface area contributed by atoms with Gasteiger partial charge in [-0.05, 0) is 53.9 Å². The number of benzene rings is 4. The second-order valence-electron chi connectivity index (χ2n) is 7.17. The van der Waals surface area contributed by atoms with Crippen molar-refractivity contribution in [3.63, 3.8) is 0 Å². The zero-order chi connectivity index (χ0) is 20.5. The average molecular weight is 394 g/mol. The van der Waals surface area contributed by atoms with Gasteiger partial charge in [-0.15, -0.1) is 0 Å². The summed E-state index contributed by atoms with van der Waals surface area (Å²) in [6, 6.07) is 28.8. The Bertz CT molecular complexity index is 1150. The Morgan fingerprint density at radius 2 is 0.967 bits per heavy atom. The number of rotatable bonds is 6. The van der Waals surface area contributed by atoms with Crippen LogP contribution in [0, 0.1) is 0 Å². The molecule has 0 amide bonds. The highest BCUT2D eigenvalue weighted by Gasteiger charge is 2.24. The van der Waals surface area contributed by atoms with Crippen LogP contribution in [-0.4, -0.2) is 14.2 Å². The second-order valence-corrected chi connectivity index (χ2v) is 7.17. The molecule has 4 nitrogen and oxygen atoms in total. The molecule has 0 unspecified atom stereocenters. The van der Waals surface area contributed by atoms with Crippen molar-refractivity contribution in [2.45, 2.75) is 0 Å². The minimum absolute atomic E-state index is 0.836.